The number of alkyl halides is 3. The zero-order valence-electron chi connectivity index (χ0n) is 4.72. The van der Waals surface area contributed by atoms with Crippen LogP contribution in [0.5, 0.6) is 0 Å². The molecule has 2 N–H and O–H groups in total. The Hall–Kier alpha value is 0.300. The Balaban J connectivity index is 3.85. The largest absolute Gasteiger partial charge is 0.481 e. The molecule has 0 aromatic carbocycles. The summed E-state index contributed by atoms with van der Waals surface area (Å²) in [4.78, 5) is 9.92. The van der Waals surface area contributed by atoms with Crippen LogP contribution in [0.2, 0.25) is 0 Å². The normalized spacial score (nSPS) is 14.8. The summed E-state index contributed by atoms with van der Waals surface area (Å²) in [5, 5.41) is 16.9. The molecular weight excluding hydrogens is 202 g/mol. The van der Waals surface area contributed by atoms with Crippen LogP contribution in [0.1, 0.15) is 6.42 Å². The lowest BCUT2D eigenvalue weighted by Gasteiger charge is -2.15. The summed E-state index contributed by atoms with van der Waals surface area (Å²) in [6, 6.07) is 0. The van der Waals surface area contributed by atoms with E-state index in [1.807, 2.05) is 0 Å². The Morgan fingerprint density at radius 1 is 1.50 bits per heavy atom. The molecule has 0 spiro atoms. The van der Waals surface area contributed by atoms with E-state index in [9.17, 15) is 4.79 Å². The Morgan fingerprint density at radius 2 is 1.90 bits per heavy atom. The maximum atomic E-state index is 9.92. The van der Waals surface area contributed by atoms with E-state index in [2.05, 4.69) is 0 Å². The number of carbonyl (C=O) groups is 1. The molecule has 0 saturated carbocycles. The highest BCUT2D eigenvalue weighted by molar-refractivity contribution is 6.68. The van der Waals surface area contributed by atoms with Gasteiger partial charge < -0.3 is 10.2 Å². The predicted octanol–water partition coefficient (Wildman–Crippen LogP) is 1.19. The van der Waals surface area contributed by atoms with Crippen molar-refractivity contribution in [2.75, 3.05) is 0 Å². The van der Waals surface area contributed by atoms with Gasteiger partial charge in [-0.2, -0.15) is 0 Å². The van der Waals surface area contributed by atoms with Crippen molar-refractivity contribution in [2.45, 2.75) is 16.3 Å². The topological polar surface area (TPSA) is 57.5 Å². The number of aliphatic hydroxyl groups excluding tert-OH is 1. The van der Waals surface area contributed by atoms with Gasteiger partial charge in [-0.15, -0.1) is 0 Å². The summed E-state index contributed by atoms with van der Waals surface area (Å²) in [6.45, 7) is 0. The third-order valence-corrected chi connectivity index (χ3v) is 1.50. The lowest BCUT2D eigenvalue weighted by molar-refractivity contribution is -0.139. The van der Waals surface area contributed by atoms with Gasteiger partial charge in [0.1, 0.15) is 6.10 Å². The van der Waals surface area contributed by atoms with Crippen LogP contribution in [0, 0.1) is 0 Å². The first kappa shape index (κ1) is 10.3. The highest BCUT2D eigenvalue weighted by Gasteiger charge is 2.32. The zero-order valence-corrected chi connectivity index (χ0v) is 6.99. The van der Waals surface area contributed by atoms with Crippen molar-refractivity contribution in [3.05, 3.63) is 0 Å². The van der Waals surface area contributed by atoms with Gasteiger partial charge in [0.15, 0.2) is 0 Å². The standard InChI is InChI=1S/C4H5Cl3O3/c5-4(6,7)2(8)1-3(9)10/h2,8H,1H2,(H,9,10)/t2-/m0/s1. The predicted molar refractivity (Wildman–Crippen MR) is 38.5 cm³/mol. The molecule has 1 atom stereocenters. The molecule has 0 unspecified atom stereocenters. The monoisotopic (exact) mass is 206 g/mol. The fraction of sp³-hybridized carbons (Fsp3) is 0.750. The van der Waals surface area contributed by atoms with Crippen molar-refractivity contribution in [1.29, 1.82) is 0 Å². The lowest BCUT2D eigenvalue weighted by atomic mass is 10.3. The molecule has 0 aliphatic carbocycles. The van der Waals surface area contributed by atoms with Gasteiger partial charge >= 0.3 is 5.97 Å². The zero-order chi connectivity index (χ0) is 8.36. The van der Waals surface area contributed by atoms with Gasteiger partial charge in [-0.25, -0.2) is 0 Å². The molecule has 0 saturated heterocycles. The van der Waals surface area contributed by atoms with Crippen LogP contribution in [-0.4, -0.2) is 26.1 Å². The van der Waals surface area contributed by atoms with E-state index in [0.29, 0.717) is 0 Å². The summed E-state index contributed by atoms with van der Waals surface area (Å²) in [7, 11) is 0. The number of halogens is 3. The van der Waals surface area contributed by atoms with Gasteiger partial charge in [-0.1, -0.05) is 34.8 Å². The van der Waals surface area contributed by atoms with Gasteiger partial charge in [0.2, 0.25) is 3.79 Å². The first-order valence-electron chi connectivity index (χ1n) is 2.30. The molecule has 10 heavy (non-hydrogen) atoms. The minimum absolute atomic E-state index is 0.573. The SMILES string of the molecule is O=C(O)C[C@H](O)C(Cl)(Cl)Cl. The van der Waals surface area contributed by atoms with Crippen LogP contribution in [-0.2, 0) is 4.79 Å². The highest BCUT2D eigenvalue weighted by atomic mass is 35.6. The van der Waals surface area contributed by atoms with E-state index < -0.39 is 22.3 Å². The average molecular weight is 207 g/mol. The molecule has 0 aromatic rings. The van der Waals surface area contributed by atoms with Crippen molar-refractivity contribution in [3.8, 4) is 0 Å². The Morgan fingerprint density at radius 3 is 2.00 bits per heavy atom. The van der Waals surface area contributed by atoms with E-state index in [1.54, 1.807) is 0 Å². The molecule has 0 rings (SSSR count). The second-order valence-corrected chi connectivity index (χ2v) is 4.02. The number of carboxylic acids is 1. The molecule has 0 aliphatic heterocycles. The first-order valence-corrected chi connectivity index (χ1v) is 3.44. The van der Waals surface area contributed by atoms with E-state index in [-0.39, 0.29) is 0 Å². The summed E-state index contributed by atoms with van der Waals surface area (Å²) < 4.78 is -1.92. The van der Waals surface area contributed by atoms with Crippen LogP contribution < -0.4 is 0 Å². The van der Waals surface area contributed by atoms with Gasteiger partial charge in [0.25, 0.3) is 0 Å². The second-order valence-electron chi connectivity index (χ2n) is 1.66. The minimum Gasteiger partial charge on any atom is -0.481 e. The lowest BCUT2D eigenvalue weighted by Crippen LogP contribution is -2.27. The average Bonchev–Trinajstić information content (AvgIpc) is 1.60. The summed E-state index contributed by atoms with van der Waals surface area (Å²) in [6.07, 6.45) is -2.04. The maximum absolute atomic E-state index is 9.92. The van der Waals surface area contributed by atoms with Gasteiger partial charge in [-0.05, 0) is 0 Å². The van der Waals surface area contributed by atoms with E-state index in [4.69, 9.17) is 45.0 Å². The Labute approximate surface area is 72.5 Å². The molecular formula is C4H5Cl3O3. The van der Waals surface area contributed by atoms with Crippen molar-refractivity contribution >= 4 is 40.8 Å². The van der Waals surface area contributed by atoms with Crippen molar-refractivity contribution in [3.63, 3.8) is 0 Å². The third-order valence-electron chi connectivity index (χ3n) is 0.746. The maximum Gasteiger partial charge on any atom is 0.306 e. The molecule has 0 radical (unpaired) electrons. The van der Waals surface area contributed by atoms with Crippen molar-refractivity contribution in [2.24, 2.45) is 0 Å². The van der Waals surface area contributed by atoms with Crippen LogP contribution >= 0.6 is 34.8 Å². The number of aliphatic carboxylic acids is 1. The number of rotatable bonds is 2. The summed E-state index contributed by atoms with van der Waals surface area (Å²) in [5.74, 6) is -1.21. The van der Waals surface area contributed by atoms with Gasteiger partial charge in [0, 0.05) is 0 Å². The van der Waals surface area contributed by atoms with Gasteiger partial charge in [0.05, 0.1) is 6.42 Å². The minimum atomic E-state index is -1.92. The smallest absolute Gasteiger partial charge is 0.306 e. The number of hydrogen-bond donors (Lipinski definition) is 2. The molecule has 0 aliphatic rings. The van der Waals surface area contributed by atoms with Crippen LogP contribution in [0.3, 0.4) is 0 Å². The molecule has 6 heteroatoms. The molecule has 60 valence electrons. The number of hydrogen-bond acceptors (Lipinski definition) is 2. The highest BCUT2D eigenvalue weighted by Crippen LogP contribution is 2.31. The summed E-state index contributed by atoms with van der Waals surface area (Å²) in [5.41, 5.74) is 0. The molecule has 0 heterocycles. The fourth-order valence-corrected chi connectivity index (χ4v) is 0.513. The number of aliphatic hydroxyl groups is 1. The van der Waals surface area contributed by atoms with E-state index in [0.717, 1.165) is 0 Å². The third kappa shape index (κ3) is 4.17. The fourth-order valence-electron chi connectivity index (χ4n) is 0.281. The Bertz CT molecular complexity index is 130. The van der Waals surface area contributed by atoms with E-state index in [1.165, 1.54) is 0 Å². The quantitative estimate of drug-likeness (QED) is 0.669. The van der Waals surface area contributed by atoms with Crippen LogP contribution in [0.15, 0.2) is 0 Å². The molecule has 3 nitrogen and oxygen atoms in total. The molecule has 0 bridgehead atoms. The first-order chi connectivity index (χ1) is 4.34. The van der Waals surface area contributed by atoms with Crippen LogP contribution in [0.4, 0.5) is 0 Å². The Kier molecular flexibility index (Phi) is 3.73. The molecule has 0 aromatic heterocycles. The van der Waals surface area contributed by atoms with Crippen LogP contribution in [0.25, 0.3) is 0 Å². The van der Waals surface area contributed by atoms with E-state index >= 15 is 0 Å². The second kappa shape index (κ2) is 3.62. The van der Waals surface area contributed by atoms with Crippen molar-refractivity contribution < 1.29 is 15.0 Å². The molecule has 0 fully saturated rings. The molecule has 0 amide bonds. The van der Waals surface area contributed by atoms with Crippen molar-refractivity contribution in [1.82, 2.24) is 0 Å². The number of carboxylic acid groups (broad SMARTS) is 1. The van der Waals surface area contributed by atoms with Gasteiger partial charge in [-0.3, -0.25) is 4.79 Å². The summed E-state index contributed by atoms with van der Waals surface area (Å²) >= 11 is 15.4.